The number of hydrogen-bond acceptors (Lipinski definition) is 2. The number of carbonyl (C=O) groups excluding carboxylic acids is 1. The van der Waals surface area contributed by atoms with E-state index in [0.29, 0.717) is 5.92 Å². The summed E-state index contributed by atoms with van der Waals surface area (Å²) in [6, 6.07) is 10.7. The Balaban J connectivity index is 1.56. The Morgan fingerprint density at radius 3 is 2.83 bits per heavy atom. The molecule has 1 fully saturated rings. The SMILES string of the molecule is COc1ccc2cccc3c2c1CC(CNC(=O)C1CCC1)C3. The van der Waals surface area contributed by atoms with Crippen molar-refractivity contribution in [3.05, 3.63) is 41.5 Å². The largest absolute Gasteiger partial charge is 0.496 e. The molecular weight excluding hydrogens is 286 g/mol. The second kappa shape index (κ2) is 5.88. The third-order valence-corrected chi connectivity index (χ3v) is 5.46. The van der Waals surface area contributed by atoms with Gasteiger partial charge in [-0.2, -0.15) is 0 Å². The van der Waals surface area contributed by atoms with Crippen molar-refractivity contribution in [3.63, 3.8) is 0 Å². The maximum absolute atomic E-state index is 12.1. The van der Waals surface area contributed by atoms with E-state index < -0.39 is 0 Å². The van der Waals surface area contributed by atoms with Crippen LogP contribution in [0.1, 0.15) is 30.4 Å². The molecule has 0 spiro atoms. The summed E-state index contributed by atoms with van der Waals surface area (Å²) in [7, 11) is 1.74. The number of rotatable bonds is 4. The van der Waals surface area contributed by atoms with E-state index in [9.17, 15) is 4.79 Å². The highest BCUT2D eigenvalue weighted by Crippen LogP contribution is 2.37. The lowest BCUT2D eigenvalue weighted by Gasteiger charge is -2.29. The first-order chi connectivity index (χ1) is 11.3. The van der Waals surface area contributed by atoms with Gasteiger partial charge in [0.2, 0.25) is 5.91 Å². The predicted molar refractivity (Wildman–Crippen MR) is 91.7 cm³/mol. The summed E-state index contributed by atoms with van der Waals surface area (Å²) in [4.78, 5) is 12.1. The van der Waals surface area contributed by atoms with Gasteiger partial charge in [-0.15, -0.1) is 0 Å². The molecule has 23 heavy (non-hydrogen) atoms. The zero-order valence-corrected chi connectivity index (χ0v) is 13.6. The molecular formula is C20H23NO2. The Bertz CT molecular complexity index is 749. The van der Waals surface area contributed by atoms with Gasteiger partial charge < -0.3 is 10.1 Å². The Kier molecular flexibility index (Phi) is 3.72. The summed E-state index contributed by atoms with van der Waals surface area (Å²) in [6.45, 7) is 0.767. The van der Waals surface area contributed by atoms with Crippen LogP contribution >= 0.6 is 0 Å². The first kappa shape index (κ1) is 14.6. The Morgan fingerprint density at radius 2 is 2.09 bits per heavy atom. The number of carbonyl (C=O) groups is 1. The fraction of sp³-hybridized carbons (Fsp3) is 0.450. The van der Waals surface area contributed by atoms with Crippen molar-refractivity contribution in [1.29, 1.82) is 0 Å². The molecule has 1 atom stereocenters. The van der Waals surface area contributed by atoms with Gasteiger partial charge in [0.1, 0.15) is 5.75 Å². The van der Waals surface area contributed by atoms with Gasteiger partial charge in [0.25, 0.3) is 0 Å². The third kappa shape index (κ3) is 2.58. The van der Waals surface area contributed by atoms with Crippen LogP contribution < -0.4 is 10.1 Å². The zero-order valence-electron chi connectivity index (χ0n) is 13.6. The summed E-state index contributed by atoms with van der Waals surface area (Å²) >= 11 is 0. The molecule has 0 bridgehead atoms. The Labute approximate surface area is 137 Å². The lowest BCUT2D eigenvalue weighted by Crippen LogP contribution is -2.38. The van der Waals surface area contributed by atoms with Crippen molar-refractivity contribution in [2.24, 2.45) is 11.8 Å². The van der Waals surface area contributed by atoms with Crippen LogP contribution in [-0.4, -0.2) is 19.6 Å². The molecule has 0 aliphatic heterocycles. The minimum Gasteiger partial charge on any atom is -0.496 e. The second-order valence-corrected chi connectivity index (χ2v) is 6.91. The van der Waals surface area contributed by atoms with Gasteiger partial charge in [-0.1, -0.05) is 30.7 Å². The molecule has 1 amide bonds. The average Bonchev–Trinajstić information content (AvgIpc) is 2.52. The standard InChI is InChI=1S/C20H23NO2/c1-23-18-9-8-14-4-2-7-16-10-13(11-17(18)19(14)16)12-21-20(22)15-5-3-6-15/h2,4,7-9,13,15H,3,5-6,10-12H2,1H3,(H,21,22). The number of benzene rings is 2. The predicted octanol–water partition coefficient (Wildman–Crippen LogP) is 3.48. The van der Waals surface area contributed by atoms with E-state index >= 15 is 0 Å². The highest BCUT2D eigenvalue weighted by atomic mass is 16.5. The van der Waals surface area contributed by atoms with Crippen LogP contribution in [0.2, 0.25) is 0 Å². The molecule has 0 radical (unpaired) electrons. The van der Waals surface area contributed by atoms with E-state index in [2.05, 4.69) is 35.6 Å². The second-order valence-electron chi connectivity index (χ2n) is 6.91. The van der Waals surface area contributed by atoms with Gasteiger partial charge in [-0.25, -0.2) is 0 Å². The van der Waals surface area contributed by atoms with Crippen molar-refractivity contribution in [1.82, 2.24) is 5.32 Å². The third-order valence-electron chi connectivity index (χ3n) is 5.46. The van der Waals surface area contributed by atoms with E-state index in [4.69, 9.17) is 4.74 Å². The van der Waals surface area contributed by atoms with Gasteiger partial charge in [0, 0.05) is 18.0 Å². The molecule has 2 aliphatic rings. The van der Waals surface area contributed by atoms with Crippen molar-refractivity contribution in [2.45, 2.75) is 32.1 Å². The molecule has 3 heteroatoms. The monoisotopic (exact) mass is 309 g/mol. The summed E-state index contributed by atoms with van der Waals surface area (Å²) in [6.07, 6.45) is 5.33. The highest BCUT2D eigenvalue weighted by molar-refractivity contribution is 5.91. The summed E-state index contributed by atoms with van der Waals surface area (Å²) in [5.41, 5.74) is 2.68. The van der Waals surface area contributed by atoms with E-state index in [1.807, 2.05) is 0 Å². The van der Waals surface area contributed by atoms with Gasteiger partial charge in [0.05, 0.1) is 7.11 Å². The molecule has 4 rings (SSSR count). The average molecular weight is 309 g/mol. The molecule has 2 aliphatic carbocycles. The quantitative estimate of drug-likeness (QED) is 0.939. The van der Waals surface area contributed by atoms with Crippen LogP contribution in [-0.2, 0) is 17.6 Å². The molecule has 1 saturated carbocycles. The highest BCUT2D eigenvalue weighted by Gasteiger charge is 2.27. The molecule has 0 aromatic heterocycles. The number of amides is 1. The number of nitrogens with one attached hydrogen (secondary N) is 1. The summed E-state index contributed by atoms with van der Waals surface area (Å²) in [5.74, 6) is 1.94. The maximum atomic E-state index is 12.1. The van der Waals surface area contributed by atoms with Gasteiger partial charge >= 0.3 is 0 Å². The fourth-order valence-electron chi connectivity index (χ4n) is 3.96. The number of methoxy groups -OCH3 is 1. The number of hydrogen-bond donors (Lipinski definition) is 1. The fourth-order valence-corrected chi connectivity index (χ4v) is 3.96. The Morgan fingerprint density at radius 1 is 1.22 bits per heavy atom. The van der Waals surface area contributed by atoms with Gasteiger partial charge in [-0.05, 0) is 54.0 Å². The van der Waals surface area contributed by atoms with Gasteiger partial charge in [0.15, 0.2) is 0 Å². The van der Waals surface area contributed by atoms with Crippen LogP contribution in [0.5, 0.6) is 5.75 Å². The molecule has 1 unspecified atom stereocenters. The maximum Gasteiger partial charge on any atom is 0.223 e. The normalized spacial score (nSPS) is 20.1. The van der Waals surface area contributed by atoms with E-state index in [0.717, 1.165) is 38.0 Å². The molecule has 1 N–H and O–H groups in total. The number of ether oxygens (including phenoxy) is 1. The van der Waals surface area contributed by atoms with Crippen LogP contribution in [0.25, 0.3) is 10.8 Å². The molecule has 3 nitrogen and oxygen atoms in total. The minimum absolute atomic E-state index is 0.250. The van der Waals surface area contributed by atoms with Crippen molar-refractivity contribution in [3.8, 4) is 5.75 Å². The van der Waals surface area contributed by atoms with Crippen molar-refractivity contribution < 1.29 is 9.53 Å². The smallest absolute Gasteiger partial charge is 0.223 e. The molecule has 0 heterocycles. The summed E-state index contributed by atoms with van der Waals surface area (Å²) in [5, 5.41) is 5.82. The minimum atomic E-state index is 0.250. The first-order valence-electron chi connectivity index (χ1n) is 8.61. The molecule has 2 aromatic rings. The molecule has 0 saturated heterocycles. The van der Waals surface area contributed by atoms with E-state index in [1.54, 1.807) is 7.11 Å². The topological polar surface area (TPSA) is 38.3 Å². The van der Waals surface area contributed by atoms with Crippen LogP contribution in [0.4, 0.5) is 0 Å². The summed E-state index contributed by atoms with van der Waals surface area (Å²) < 4.78 is 5.58. The molecule has 2 aromatic carbocycles. The van der Waals surface area contributed by atoms with Crippen molar-refractivity contribution in [2.75, 3.05) is 13.7 Å². The van der Waals surface area contributed by atoms with Crippen LogP contribution in [0, 0.1) is 11.8 Å². The zero-order chi connectivity index (χ0) is 15.8. The van der Waals surface area contributed by atoms with E-state index in [1.165, 1.54) is 28.3 Å². The molecule has 120 valence electrons. The first-order valence-corrected chi connectivity index (χ1v) is 8.61. The lowest BCUT2D eigenvalue weighted by atomic mass is 9.81. The van der Waals surface area contributed by atoms with Crippen LogP contribution in [0.15, 0.2) is 30.3 Å². The van der Waals surface area contributed by atoms with E-state index in [-0.39, 0.29) is 11.8 Å². The lowest BCUT2D eigenvalue weighted by molar-refractivity contribution is -0.127. The van der Waals surface area contributed by atoms with Gasteiger partial charge in [-0.3, -0.25) is 4.79 Å². The Hall–Kier alpha value is -2.03. The van der Waals surface area contributed by atoms with Crippen molar-refractivity contribution >= 4 is 16.7 Å². The van der Waals surface area contributed by atoms with Crippen LogP contribution in [0.3, 0.4) is 0 Å².